The van der Waals surface area contributed by atoms with Gasteiger partial charge in [0.1, 0.15) is 5.75 Å². The molecule has 3 aromatic carbocycles. The fraction of sp³-hybridized carbons (Fsp3) is 0.143. The number of aryl methyl sites for hydroxylation is 1. The summed E-state index contributed by atoms with van der Waals surface area (Å²) < 4.78 is 5.59. The van der Waals surface area contributed by atoms with Crippen LogP contribution in [0.4, 0.5) is 0 Å². The molecule has 0 saturated carbocycles. The number of carbonyl (C=O) groups is 2. The van der Waals surface area contributed by atoms with Gasteiger partial charge < -0.3 is 4.74 Å². The summed E-state index contributed by atoms with van der Waals surface area (Å²) in [6.07, 6.45) is 0.205. The zero-order valence-corrected chi connectivity index (χ0v) is 14.5. The number of amides is 2. The van der Waals surface area contributed by atoms with Crippen LogP contribution in [0.25, 0.3) is 10.8 Å². The summed E-state index contributed by atoms with van der Waals surface area (Å²) in [7, 11) is 0. The van der Waals surface area contributed by atoms with E-state index in [1.165, 1.54) is 0 Å². The van der Waals surface area contributed by atoms with E-state index < -0.39 is 5.91 Å². The van der Waals surface area contributed by atoms with E-state index in [0.29, 0.717) is 5.75 Å². The summed E-state index contributed by atoms with van der Waals surface area (Å²) in [4.78, 5) is 23.9. The Bertz CT molecular complexity index is 932. The molecule has 5 nitrogen and oxygen atoms in total. The number of rotatable bonds is 5. The van der Waals surface area contributed by atoms with Crippen LogP contribution in [0, 0.1) is 6.92 Å². The van der Waals surface area contributed by atoms with Crippen molar-refractivity contribution in [2.24, 2.45) is 0 Å². The first-order valence-corrected chi connectivity index (χ1v) is 8.36. The van der Waals surface area contributed by atoms with Gasteiger partial charge in [-0.05, 0) is 29.5 Å². The van der Waals surface area contributed by atoms with Crippen LogP contribution in [0.2, 0.25) is 0 Å². The van der Waals surface area contributed by atoms with Crippen molar-refractivity contribution in [2.45, 2.75) is 13.3 Å². The van der Waals surface area contributed by atoms with Crippen molar-refractivity contribution in [1.82, 2.24) is 10.9 Å². The Labute approximate surface area is 152 Å². The lowest BCUT2D eigenvalue weighted by molar-refractivity contribution is -0.129. The lowest BCUT2D eigenvalue weighted by atomic mass is 10.1. The Balaban J connectivity index is 1.50. The predicted molar refractivity (Wildman–Crippen MR) is 101 cm³/mol. The molecular weight excluding hydrogens is 328 g/mol. The van der Waals surface area contributed by atoms with Gasteiger partial charge in [0.05, 0.1) is 6.42 Å². The van der Waals surface area contributed by atoms with Crippen LogP contribution < -0.4 is 15.6 Å². The maximum Gasteiger partial charge on any atom is 0.276 e. The summed E-state index contributed by atoms with van der Waals surface area (Å²) in [6, 6.07) is 21.1. The van der Waals surface area contributed by atoms with Crippen molar-refractivity contribution < 1.29 is 14.3 Å². The van der Waals surface area contributed by atoms with Gasteiger partial charge in [-0.3, -0.25) is 20.4 Å². The molecule has 5 heteroatoms. The maximum absolute atomic E-state index is 12.0. The molecule has 2 amide bonds. The highest BCUT2D eigenvalue weighted by Crippen LogP contribution is 2.24. The molecule has 0 bridgehead atoms. The minimum Gasteiger partial charge on any atom is -0.483 e. The molecule has 132 valence electrons. The molecule has 3 aromatic rings. The van der Waals surface area contributed by atoms with Gasteiger partial charge in [0.15, 0.2) is 6.61 Å². The molecule has 0 fully saturated rings. The average molecular weight is 348 g/mol. The molecule has 0 spiro atoms. The molecule has 2 N–H and O–H groups in total. The van der Waals surface area contributed by atoms with E-state index in [9.17, 15) is 9.59 Å². The van der Waals surface area contributed by atoms with Crippen molar-refractivity contribution >= 4 is 22.6 Å². The summed E-state index contributed by atoms with van der Waals surface area (Å²) in [5, 5.41) is 1.98. The van der Waals surface area contributed by atoms with Gasteiger partial charge in [-0.15, -0.1) is 0 Å². The van der Waals surface area contributed by atoms with Crippen molar-refractivity contribution in [2.75, 3.05) is 6.61 Å². The Morgan fingerprint density at radius 1 is 0.846 bits per heavy atom. The fourth-order valence-corrected chi connectivity index (χ4v) is 2.67. The van der Waals surface area contributed by atoms with Crippen molar-refractivity contribution in [3.63, 3.8) is 0 Å². The summed E-state index contributed by atoms with van der Waals surface area (Å²) in [5.74, 6) is -0.0710. The molecule has 0 atom stereocenters. The van der Waals surface area contributed by atoms with Gasteiger partial charge in [0, 0.05) is 5.39 Å². The molecule has 0 aliphatic heterocycles. The molecule has 26 heavy (non-hydrogen) atoms. The summed E-state index contributed by atoms with van der Waals surface area (Å²) >= 11 is 0. The van der Waals surface area contributed by atoms with Gasteiger partial charge in [0.25, 0.3) is 5.91 Å². The second kappa shape index (κ2) is 8.16. The lowest BCUT2D eigenvalue weighted by Gasteiger charge is -2.11. The number of carbonyl (C=O) groups excluding carboxylic acids is 2. The Morgan fingerprint density at radius 2 is 1.54 bits per heavy atom. The quantitative estimate of drug-likeness (QED) is 0.697. The third-order valence-corrected chi connectivity index (χ3v) is 4.06. The number of ether oxygens (including phenoxy) is 1. The third-order valence-electron chi connectivity index (χ3n) is 4.06. The normalized spacial score (nSPS) is 10.3. The van der Waals surface area contributed by atoms with Crippen LogP contribution in [0.3, 0.4) is 0 Å². The van der Waals surface area contributed by atoms with Crippen LogP contribution in [-0.4, -0.2) is 18.4 Å². The monoisotopic (exact) mass is 348 g/mol. The molecule has 0 heterocycles. The Morgan fingerprint density at radius 3 is 2.38 bits per heavy atom. The number of hydrogen-bond donors (Lipinski definition) is 2. The minimum absolute atomic E-state index is 0.182. The molecule has 3 rings (SSSR count). The van der Waals surface area contributed by atoms with Gasteiger partial charge >= 0.3 is 0 Å². The van der Waals surface area contributed by atoms with Crippen LogP contribution >= 0.6 is 0 Å². The molecule has 0 saturated heterocycles. The average Bonchev–Trinajstić information content (AvgIpc) is 2.66. The van der Waals surface area contributed by atoms with Crippen molar-refractivity contribution in [3.05, 3.63) is 77.9 Å². The SMILES string of the molecule is Cc1ccccc1CC(=O)NNC(=O)COc1cccc2ccccc12. The van der Waals surface area contributed by atoms with Gasteiger partial charge in [0.2, 0.25) is 5.91 Å². The van der Waals surface area contributed by atoms with Crippen LogP contribution in [0.5, 0.6) is 5.75 Å². The molecule has 0 unspecified atom stereocenters. The zero-order chi connectivity index (χ0) is 18.4. The lowest BCUT2D eigenvalue weighted by Crippen LogP contribution is -2.44. The molecule has 0 radical (unpaired) electrons. The summed E-state index contributed by atoms with van der Waals surface area (Å²) in [5.41, 5.74) is 6.75. The van der Waals surface area contributed by atoms with Crippen LogP contribution in [0.1, 0.15) is 11.1 Å². The number of fused-ring (bicyclic) bond motifs is 1. The second-order valence-electron chi connectivity index (χ2n) is 5.97. The number of hydrogen-bond acceptors (Lipinski definition) is 3. The largest absolute Gasteiger partial charge is 0.483 e. The highest BCUT2D eigenvalue weighted by molar-refractivity contribution is 5.89. The van der Waals surface area contributed by atoms with E-state index in [1.807, 2.05) is 73.7 Å². The molecule has 0 aromatic heterocycles. The van der Waals surface area contributed by atoms with E-state index in [-0.39, 0.29) is 18.9 Å². The van der Waals surface area contributed by atoms with E-state index >= 15 is 0 Å². The topological polar surface area (TPSA) is 67.4 Å². The van der Waals surface area contributed by atoms with Crippen LogP contribution in [0.15, 0.2) is 66.7 Å². The van der Waals surface area contributed by atoms with Gasteiger partial charge in [-0.25, -0.2) is 0 Å². The first-order chi connectivity index (χ1) is 12.6. The Kier molecular flexibility index (Phi) is 5.49. The maximum atomic E-state index is 12.0. The summed E-state index contributed by atoms with van der Waals surface area (Å²) in [6.45, 7) is 1.76. The highest BCUT2D eigenvalue weighted by atomic mass is 16.5. The first kappa shape index (κ1) is 17.5. The van der Waals surface area contributed by atoms with Crippen molar-refractivity contribution in [1.29, 1.82) is 0 Å². The van der Waals surface area contributed by atoms with Crippen LogP contribution in [-0.2, 0) is 16.0 Å². The zero-order valence-electron chi connectivity index (χ0n) is 14.5. The van der Waals surface area contributed by atoms with E-state index in [1.54, 1.807) is 0 Å². The Hall–Kier alpha value is -3.34. The third kappa shape index (κ3) is 4.39. The van der Waals surface area contributed by atoms with Crippen molar-refractivity contribution in [3.8, 4) is 5.75 Å². The number of nitrogens with one attached hydrogen (secondary N) is 2. The van der Waals surface area contributed by atoms with E-state index in [2.05, 4.69) is 10.9 Å². The standard InChI is InChI=1S/C21H20N2O3/c1-15-7-2-3-9-17(15)13-20(24)22-23-21(25)14-26-19-12-6-10-16-8-4-5-11-18(16)19/h2-12H,13-14H2,1H3,(H,22,24)(H,23,25). The predicted octanol–water partition coefficient (Wildman–Crippen LogP) is 2.92. The smallest absolute Gasteiger partial charge is 0.276 e. The molecule has 0 aliphatic carbocycles. The van der Waals surface area contributed by atoms with Gasteiger partial charge in [-0.1, -0.05) is 60.7 Å². The van der Waals surface area contributed by atoms with E-state index in [0.717, 1.165) is 21.9 Å². The molecule has 0 aliphatic rings. The number of hydrazine groups is 1. The second-order valence-corrected chi connectivity index (χ2v) is 5.97. The fourth-order valence-electron chi connectivity index (χ4n) is 2.67. The number of benzene rings is 3. The minimum atomic E-state index is -0.420. The van der Waals surface area contributed by atoms with Gasteiger partial charge in [-0.2, -0.15) is 0 Å². The van der Waals surface area contributed by atoms with E-state index in [4.69, 9.17) is 4.74 Å². The highest BCUT2D eigenvalue weighted by Gasteiger charge is 2.09. The first-order valence-electron chi connectivity index (χ1n) is 8.36. The molecular formula is C21H20N2O3.